The molecule has 10 rings (SSSR count). The summed E-state index contributed by atoms with van der Waals surface area (Å²) >= 11 is 0. The molecule has 0 fully saturated rings. The molecule has 4 nitrogen and oxygen atoms in total. The van der Waals surface area contributed by atoms with Crippen LogP contribution in [0.2, 0.25) is 19.6 Å². The van der Waals surface area contributed by atoms with Gasteiger partial charge in [0.1, 0.15) is 5.82 Å². The van der Waals surface area contributed by atoms with Crippen molar-refractivity contribution in [2.75, 3.05) is 0 Å². The topological polar surface area (TPSA) is 35.6 Å². The van der Waals surface area contributed by atoms with Crippen molar-refractivity contribution in [1.82, 2.24) is 19.1 Å². The number of benzene rings is 6. The maximum atomic E-state index is 4.98. The fourth-order valence-electron chi connectivity index (χ4n) is 8.44. The lowest BCUT2D eigenvalue weighted by Gasteiger charge is -2.17. The fourth-order valence-corrected chi connectivity index (χ4v) is 9.59. The zero-order valence-electron chi connectivity index (χ0n) is 32.8. The molecule has 0 amide bonds. The van der Waals surface area contributed by atoms with Gasteiger partial charge in [-0.3, -0.25) is 9.55 Å². The predicted molar refractivity (Wildman–Crippen MR) is 246 cm³/mol. The Morgan fingerprint density at radius 1 is 0.397 bits per heavy atom. The van der Waals surface area contributed by atoms with Crippen LogP contribution >= 0.6 is 0 Å². The molecule has 0 unspecified atom stereocenters. The first-order chi connectivity index (χ1) is 28.4. The second-order valence-corrected chi connectivity index (χ2v) is 21.0. The summed E-state index contributed by atoms with van der Waals surface area (Å²) in [6.45, 7) is 7.17. The van der Waals surface area contributed by atoms with Crippen LogP contribution < -0.4 is 5.19 Å². The van der Waals surface area contributed by atoms with E-state index in [4.69, 9.17) is 9.97 Å². The molecule has 10 aromatic rings. The molecule has 4 heterocycles. The van der Waals surface area contributed by atoms with Gasteiger partial charge in [-0.2, -0.15) is 0 Å². The molecular weight excluding hydrogens is 721 g/mol. The van der Waals surface area contributed by atoms with E-state index < -0.39 is 8.07 Å². The monoisotopic (exact) mass is 762 g/mol. The smallest absolute Gasteiger partial charge is 0.137 e. The van der Waals surface area contributed by atoms with Crippen molar-refractivity contribution in [1.29, 1.82) is 0 Å². The SMILES string of the molecule is C[Si](C)(C)c1ccnc(-c2ccc3c(-c4ccccc4)c(-c4ccccc4)n(-c4ccc5c(-c6ccccc6)c(-c6ccccc6)n(-c6ccccn6)c5c4)c3c2)c1. The van der Waals surface area contributed by atoms with E-state index in [1.165, 1.54) is 27.3 Å². The first-order valence-corrected chi connectivity index (χ1v) is 23.4. The van der Waals surface area contributed by atoms with Crippen molar-refractivity contribution in [3.05, 3.63) is 200 Å². The Balaban J connectivity index is 1.34. The quantitative estimate of drug-likeness (QED) is 0.145. The van der Waals surface area contributed by atoms with Crippen molar-refractivity contribution in [2.45, 2.75) is 19.6 Å². The molecule has 5 heteroatoms. The highest BCUT2D eigenvalue weighted by Crippen LogP contribution is 2.46. The Morgan fingerprint density at radius 3 is 1.47 bits per heavy atom. The number of aromatic nitrogens is 4. The molecule has 58 heavy (non-hydrogen) atoms. The van der Waals surface area contributed by atoms with Crippen molar-refractivity contribution >= 4 is 35.1 Å². The van der Waals surface area contributed by atoms with Crippen molar-refractivity contribution in [3.63, 3.8) is 0 Å². The summed E-state index contributed by atoms with van der Waals surface area (Å²) in [5, 5.41) is 3.74. The first-order valence-electron chi connectivity index (χ1n) is 19.9. The molecule has 0 aliphatic heterocycles. The van der Waals surface area contributed by atoms with E-state index in [1.807, 2.05) is 18.5 Å². The molecule has 0 aliphatic rings. The van der Waals surface area contributed by atoms with Crippen LogP contribution in [0.1, 0.15) is 0 Å². The zero-order valence-corrected chi connectivity index (χ0v) is 33.8. The second kappa shape index (κ2) is 14.5. The van der Waals surface area contributed by atoms with E-state index in [0.29, 0.717) is 0 Å². The van der Waals surface area contributed by atoms with Gasteiger partial charge in [0.25, 0.3) is 0 Å². The average molecular weight is 763 g/mol. The Hall–Kier alpha value is -7.08. The Bertz CT molecular complexity index is 3060. The van der Waals surface area contributed by atoms with Gasteiger partial charge >= 0.3 is 0 Å². The minimum atomic E-state index is -1.57. The third-order valence-corrected chi connectivity index (χ3v) is 13.2. The van der Waals surface area contributed by atoms with Gasteiger partial charge in [-0.1, -0.05) is 170 Å². The molecular formula is C53H42N4Si. The minimum Gasteiger partial charge on any atom is -0.309 e. The zero-order chi connectivity index (χ0) is 39.2. The molecule has 0 saturated carbocycles. The Labute approximate surface area is 340 Å². The molecule has 0 saturated heterocycles. The predicted octanol–water partition coefficient (Wildman–Crippen LogP) is 13.2. The van der Waals surface area contributed by atoms with Gasteiger partial charge in [0, 0.05) is 45.5 Å². The summed E-state index contributed by atoms with van der Waals surface area (Å²) in [6, 6.07) is 67.6. The van der Waals surface area contributed by atoms with Crippen LogP contribution in [0.3, 0.4) is 0 Å². The minimum absolute atomic E-state index is 0.868. The van der Waals surface area contributed by atoms with E-state index in [9.17, 15) is 0 Å². The highest BCUT2D eigenvalue weighted by atomic mass is 28.3. The summed E-state index contributed by atoms with van der Waals surface area (Å²) in [5.74, 6) is 0.868. The van der Waals surface area contributed by atoms with Crippen LogP contribution in [0, 0.1) is 0 Å². The number of rotatable bonds is 8. The summed E-state index contributed by atoms with van der Waals surface area (Å²) in [6.07, 6.45) is 3.86. The van der Waals surface area contributed by atoms with Gasteiger partial charge in [-0.15, -0.1) is 0 Å². The second-order valence-electron chi connectivity index (χ2n) is 15.9. The lowest BCUT2D eigenvalue weighted by Crippen LogP contribution is -2.37. The highest BCUT2D eigenvalue weighted by molar-refractivity contribution is 6.88. The van der Waals surface area contributed by atoms with E-state index in [0.717, 1.165) is 67.3 Å². The molecule has 278 valence electrons. The molecule has 0 bridgehead atoms. The summed E-state index contributed by atoms with van der Waals surface area (Å²) in [4.78, 5) is 9.91. The maximum Gasteiger partial charge on any atom is 0.137 e. The van der Waals surface area contributed by atoms with Gasteiger partial charge < -0.3 is 4.57 Å². The summed E-state index contributed by atoms with van der Waals surface area (Å²) in [5.41, 5.74) is 14.6. The van der Waals surface area contributed by atoms with Gasteiger partial charge in [0.15, 0.2) is 0 Å². The van der Waals surface area contributed by atoms with Crippen molar-refractivity contribution < 1.29 is 0 Å². The average Bonchev–Trinajstić information content (AvgIpc) is 3.81. The molecule has 6 aromatic carbocycles. The molecule has 0 aliphatic carbocycles. The van der Waals surface area contributed by atoms with Gasteiger partial charge in [-0.25, -0.2) is 4.98 Å². The lowest BCUT2D eigenvalue weighted by atomic mass is 9.97. The van der Waals surface area contributed by atoms with Gasteiger partial charge in [0.2, 0.25) is 0 Å². The van der Waals surface area contributed by atoms with Crippen LogP contribution in [-0.2, 0) is 0 Å². The number of pyridine rings is 2. The number of hydrogen-bond donors (Lipinski definition) is 0. The highest BCUT2D eigenvalue weighted by Gasteiger charge is 2.26. The Kier molecular flexibility index (Phi) is 8.80. The Morgan fingerprint density at radius 2 is 0.914 bits per heavy atom. The third kappa shape index (κ3) is 6.17. The summed E-state index contributed by atoms with van der Waals surface area (Å²) < 4.78 is 4.82. The van der Waals surface area contributed by atoms with Gasteiger partial charge in [0.05, 0.1) is 36.2 Å². The third-order valence-electron chi connectivity index (χ3n) is 11.2. The fraction of sp³-hybridized carbons (Fsp3) is 0.0566. The van der Waals surface area contributed by atoms with E-state index in [1.54, 1.807) is 0 Å². The standard InChI is InChI=1S/C53H42N4Si/c1-58(2,3)43-31-33-54-46(36-43)41-27-29-44-47(34-41)56(52(39-22-12-6-13-23-39)50(44)37-18-8-4-9-19-37)42-28-30-45-48(35-42)57(49-26-16-17-32-55-49)53(40-24-14-7-15-25-40)51(45)38-20-10-5-11-21-38/h4-36H,1-3H3. The van der Waals surface area contributed by atoms with Crippen LogP contribution in [0.25, 0.3) is 89.3 Å². The number of fused-ring (bicyclic) bond motifs is 2. The molecule has 0 atom stereocenters. The van der Waals surface area contributed by atoms with Crippen LogP contribution in [0.15, 0.2) is 200 Å². The van der Waals surface area contributed by atoms with E-state index >= 15 is 0 Å². The van der Waals surface area contributed by atoms with E-state index in [2.05, 4.69) is 211 Å². The maximum absolute atomic E-state index is 4.98. The molecule has 4 aromatic heterocycles. The largest absolute Gasteiger partial charge is 0.309 e. The molecule has 0 spiro atoms. The number of nitrogens with zero attached hydrogens (tertiary/aromatic N) is 4. The van der Waals surface area contributed by atoms with Crippen LogP contribution in [0.4, 0.5) is 0 Å². The van der Waals surface area contributed by atoms with Gasteiger partial charge in [-0.05, 0) is 64.7 Å². The normalized spacial score (nSPS) is 11.7. The molecule has 0 N–H and O–H groups in total. The number of hydrogen-bond acceptors (Lipinski definition) is 2. The van der Waals surface area contributed by atoms with Crippen LogP contribution in [-0.4, -0.2) is 27.2 Å². The first kappa shape index (κ1) is 35.3. The molecule has 0 radical (unpaired) electrons. The van der Waals surface area contributed by atoms with Crippen molar-refractivity contribution in [3.8, 4) is 67.5 Å². The van der Waals surface area contributed by atoms with E-state index in [-0.39, 0.29) is 0 Å². The summed E-state index contributed by atoms with van der Waals surface area (Å²) in [7, 11) is -1.57. The van der Waals surface area contributed by atoms with Crippen molar-refractivity contribution in [2.24, 2.45) is 0 Å². The lowest BCUT2D eigenvalue weighted by molar-refractivity contribution is 1.05. The van der Waals surface area contributed by atoms with Crippen LogP contribution in [0.5, 0.6) is 0 Å².